The number of nitrogens with zero attached hydrogens (tertiary/aromatic N) is 4. The monoisotopic (exact) mass is 383 g/mol. The molecule has 1 N–H and O–H groups in total. The third-order valence-corrected chi connectivity index (χ3v) is 4.30. The second-order valence-corrected chi connectivity index (χ2v) is 6.59. The standard InChI is InChI=1S/C20H25N5O3/c1-14-12-15(2)22-20(21-14)24-23-16(3)17-4-6-18(7-5-17)28-13-19(26)25-8-10-27-11-9-25/h4-7,12H,8-11,13H2,1-3H3,(H,21,22,24)/b23-16-. The van der Waals surface area contributed by atoms with E-state index in [1.165, 1.54) is 0 Å². The quantitative estimate of drug-likeness (QED) is 0.607. The molecule has 0 radical (unpaired) electrons. The number of amides is 1. The molecule has 0 saturated carbocycles. The third-order valence-electron chi connectivity index (χ3n) is 4.30. The van der Waals surface area contributed by atoms with Crippen LogP contribution in [-0.4, -0.2) is 59.4 Å². The lowest BCUT2D eigenvalue weighted by molar-refractivity contribution is -0.137. The summed E-state index contributed by atoms with van der Waals surface area (Å²) in [7, 11) is 0. The van der Waals surface area contributed by atoms with E-state index in [1.54, 1.807) is 4.90 Å². The minimum atomic E-state index is -0.0252. The van der Waals surface area contributed by atoms with Gasteiger partial charge in [0.1, 0.15) is 5.75 Å². The zero-order valence-corrected chi connectivity index (χ0v) is 16.4. The Morgan fingerprint density at radius 1 is 1.18 bits per heavy atom. The summed E-state index contributed by atoms with van der Waals surface area (Å²) in [6.45, 7) is 8.16. The Kier molecular flexibility index (Phi) is 6.54. The van der Waals surface area contributed by atoms with Crippen molar-refractivity contribution in [3.8, 4) is 5.75 Å². The Morgan fingerprint density at radius 3 is 2.46 bits per heavy atom. The summed E-state index contributed by atoms with van der Waals surface area (Å²) in [6.07, 6.45) is 0. The molecule has 28 heavy (non-hydrogen) atoms. The molecule has 0 spiro atoms. The molecule has 1 fully saturated rings. The maximum absolute atomic E-state index is 12.1. The summed E-state index contributed by atoms with van der Waals surface area (Å²) in [5.41, 5.74) is 6.38. The molecule has 1 aromatic carbocycles. The van der Waals surface area contributed by atoms with Gasteiger partial charge in [-0.3, -0.25) is 4.79 Å². The highest BCUT2D eigenvalue weighted by molar-refractivity contribution is 5.99. The van der Waals surface area contributed by atoms with E-state index < -0.39 is 0 Å². The molecule has 0 aliphatic carbocycles. The first-order valence-electron chi connectivity index (χ1n) is 9.22. The molecule has 2 aromatic rings. The lowest BCUT2D eigenvalue weighted by atomic mass is 10.1. The first-order chi connectivity index (χ1) is 13.5. The van der Waals surface area contributed by atoms with Crippen LogP contribution in [0.4, 0.5) is 5.95 Å². The molecular weight excluding hydrogens is 358 g/mol. The van der Waals surface area contributed by atoms with Gasteiger partial charge in [0.2, 0.25) is 5.95 Å². The van der Waals surface area contributed by atoms with Crippen molar-refractivity contribution >= 4 is 17.6 Å². The van der Waals surface area contributed by atoms with Gasteiger partial charge in [-0.15, -0.1) is 0 Å². The average Bonchev–Trinajstić information content (AvgIpc) is 2.70. The highest BCUT2D eigenvalue weighted by Gasteiger charge is 2.17. The number of hydrazone groups is 1. The number of carbonyl (C=O) groups excluding carboxylic acids is 1. The van der Waals surface area contributed by atoms with Gasteiger partial charge in [0, 0.05) is 24.5 Å². The molecule has 1 aromatic heterocycles. The number of aromatic nitrogens is 2. The Labute approximate surface area is 164 Å². The molecule has 1 amide bonds. The van der Waals surface area contributed by atoms with Crippen molar-refractivity contribution in [1.82, 2.24) is 14.9 Å². The van der Waals surface area contributed by atoms with Crippen LogP contribution in [0.5, 0.6) is 5.75 Å². The maximum atomic E-state index is 12.1. The molecule has 0 atom stereocenters. The van der Waals surface area contributed by atoms with Crippen molar-refractivity contribution in [3.63, 3.8) is 0 Å². The van der Waals surface area contributed by atoms with Crippen molar-refractivity contribution in [1.29, 1.82) is 0 Å². The number of hydrogen-bond donors (Lipinski definition) is 1. The van der Waals surface area contributed by atoms with Crippen LogP contribution < -0.4 is 10.2 Å². The number of aryl methyl sites for hydroxylation is 2. The fraction of sp³-hybridized carbons (Fsp3) is 0.400. The smallest absolute Gasteiger partial charge is 0.260 e. The molecule has 1 aliphatic heterocycles. The molecule has 0 bridgehead atoms. The predicted octanol–water partition coefficient (Wildman–Crippen LogP) is 2.17. The van der Waals surface area contributed by atoms with E-state index in [-0.39, 0.29) is 12.5 Å². The summed E-state index contributed by atoms with van der Waals surface area (Å²) in [5.74, 6) is 1.09. The molecule has 1 aliphatic rings. The van der Waals surface area contributed by atoms with Gasteiger partial charge in [-0.2, -0.15) is 5.10 Å². The van der Waals surface area contributed by atoms with Gasteiger partial charge < -0.3 is 14.4 Å². The van der Waals surface area contributed by atoms with Gasteiger partial charge in [0.15, 0.2) is 6.61 Å². The number of benzene rings is 1. The van der Waals surface area contributed by atoms with E-state index in [4.69, 9.17) is 9.47 Å². The third kappa shape index (κ3) is 5.50. The summed E-state index contributed by atoms with van der Waals surface area (Å²) in [4.78, 5) is 22.5. The predicted molar refractivity (Wildman–Crippen MR) is 107 cm³/mol. The number of carbonyl (C=O) groups is 1. The highest BCUT2D eigenvalue weighted by atomic mass is 16.5. The molecule has 8 heteroatoms. The SMILES string of the molecule is C/C(=N/Nc1nc(C)cc(C)n1)c1ccc(OCC(=O)N2CCOCC2)cc1. The van der Waals surface area contributed by atoms with Gasteiger partial charge in [-0.1, -0.05) is 0 Å². The van der Waals surface area contributed by atoms with Crippen LogP contribution in [0.2, 0.25) is 0 Å². The van der Waals surface area contributed by atoms with E-state index in [9.17, 15) is 4.79 Å². The van der Waals surface area contributed by atoms with Crippen molar-refractivity contribution < 1.29 is 14.3 Å². The first-order valence-corrected chi connectivity index (χ1v) is 9.22. The zero-order chi connectivity index (χ0) is 19.9. The van der Waals surface area contributed by atoms with Crippen LogP contribution in [0.1, 0.15) is 23.9 Å². The van der Waals surface area contributed by atoms with E-state index >= 15 is 0 Å². The number of morpholine rings is 1. The second-order valence-electron chi connectivity index (χ2n) is 6.59. The first kappa shape index (κ1) is 19.8. The van der Waals surface area contributed by atoms with Gasteiger partial charge in [0.05, 0.1) is 18.9 Å². The number of hydrogen-bond acceptors (Lipinski definition) is 7. The molecule has 2 heterocycles. The highest BCUT2D eigenvalue weighted by Crippen LogP contribution is 2.14. The molecule has 3 rings (SSSR count). The molecule has 8 nitrogen and oxygen atoms in total. The number of anilines is 1. The van der Waals surface area contributed by atoms with Gasteiger partial charge in [0.25, 0.3) is 5.91 Å². The van der Waals surface area contributed by atoms with Crippen LogP contribution in [0, 0.1) is 13.8 Å². The van der Waals surface area contributed by atoms with E-state index in [0.29, 0.717) is 38.0 Å². The van der Waals surface area contributed by atoms with Gasteiger partial charge >= 0.3 is 0 Å². The largest absolute Gasteiger partial charge is 0.484 e. The minimum absolute atomic E-state index is 0.0252. The van der Waals surface area contributed by atoms with Gasteiger partial charge in [-0.05, 0) is 56.7 Å². The Bertz CT molecular complexity index is 825. The Hall–Kier alpha value is -3.00. The normalized spacial score (nSPS) is 14.7. The second kappa shape index (κ2) is 9.27. The topological polar surface area (TPSA) is 88.9 Å². The van der Waals surface area contributed by atoms with E-state index in [2.05, 4.69) is 20.5 Å². The summed E-state index contributed by atoms with van der Waals surface area (Å²) >= 11 is 0. The fourth-order valence-corrected chi connectivity index (χ4v) is 2.82. The summed E-state index contributed by atoms with van der Waals surface area (Å²) in [6, 6.07) is 9.36. The lowest BCUT2D eigenvalue weighted by Gasteiger charge is -2.26. The Morgan fingerprint density at radius 2 is 1.82 bits per heavy atom. The number of nitrogens with one attached hydrogen (secondary N) is 1. The van der Waals surface area contributed by atoms with Gasteiger partial charge in [-0.25, -0.2) is 15.4 Å². The summed E-state index contributed by atoms with van der Waals surface area (Å²) < 4.78 is 10.9. The van der Waals surface area contributed by atoms with E-state index in [1.807, 2.05) is 51.1 Å². The van der Waals surface area contributed by atoms with Crippen molar-refractivity contribution in [2.24, 2.45) is 5.10 Å². The molecule has 1 saturated heterocycles. The van der Waals surface area contributed by atoms with Crippen molar-refractivity contribution in [3.05, 3.63) is 47.3 Å². The van der Waals surface area contributed by atoms with E-state index in [0.717, 1.165) is 22.7 Å². The fourth-order valence-electron chi connectivity index (χ4n) is 2.82. The zero-order valence-electron chi connectivity index (χ0n) is 16.4. The van der Waals surface area contributed by atoms with Crippen LogP contribution in [-0.2, 0) is 9.53 Å². The molecular formula is C20H25N5O3. The van der Waals surface area contributed by atoms with Crippen LogP contribution in [0.15, 0.2) is 35.4 Å². The van der Waals surface area contributed by atoms with Crippen molar-refractivity contribution in [2.75, 3.05) is 38.3 Å². The number of ether oxygens (including phenoxy) is 2. The molecule has 148 valence electrons. The van der Waals surface area contributed by atoms with Crippen molar-refractivity contribution in [2.45, 2.75) is 20.8 Å². The van der Waals surface area contributed by atoms with Crippen LogP contribution >= 0.6 is 0 Å². The minimum Gasteiger partial charge on any atom is -0.484 e. The molecule has 0 unspecified atom stereocenters. The maximum Gasteiger partial charge on any atom is 0.260 e. The number of rotatable bonds is 6. The average molecular weight is 383 g/mol. The van der Waals surface area contributed by atoms with Crippen LogP contribution in [0.25, 0.3) is 0 Å². The lowest BCUT2D eigenvalue weighted by Crippen LogP contribution is -2.42. The Balaban J connectivity index is 1.54. The van der Waals surface area contributed by atoms with Crippen LogP contribution in [0.3, 0.4) is 0 Å². The summed E-state index contributed by atoms with van der Waals surface area (Å²) in [5, 5.41) is 4.34.